The standard InChI is InChI=1S/C23H28N8O4S/c32-18-29-23(33,7-3-6-21-25-9-4-10-26-21)17-36(34,35)31-13-11-30(12-14-31)22-27-15-19(16-28-22)20-5-1-2-8-24-20/h1-2,4-5,8-10,15-16,18,33H,3,6-7,11-14,17H2,(H,29,32). The van der Waals surface area contributed by atoms with E-state index in [4.69, 9.17) is 0 Å². The fourth-order valence-corrected chi connectivity index (χ4v) is 5.74. The molecule has 13 heteroatoms. The summed E-state index contributed by atoms with van der Waals surface area (Å²) in [5.74, 6) is 0.470. The molecule has 1 unspecified atom stereocenters. The molecule has 36 heavy (non-hydrogen) atoms. The number of nitrogens with zero attached hydrogens (tertiary/aromatic N) is 7. The third kappa shape index (κ3) is 6.56. The Kier molecular flexibility index (Phi) is 8.13. The maximum absolute atomic E-state index is 13.1. The van der Waals surface area contributed by atoms with Crippen molar-refractivity contribution in [3.05, 3.63) is 61.1 Å². The average molecular weight is 513 g/mol. The normalized spacial score (nSPS) is 16.3. The third-order valence-corrected chi connectivity index (χ3v) is 7.87. The van der Waals surface area contributed by atoms with Crippen molar-refractivity contribution in [3.63, 3.8) is 0 Å². The highest BCUT2D eigenvalue weighted by Crippen LogP contribution is 2.20. The van der Waals surface area contributed by atoms with Crippen molar-refractivity contribution < 1.29 is 18.3 Å². The molecule has 0 saturated carbocycles. The average Bonchev–Trinajstić information content (AvgIpc) is 2.90. The van der Waals surface area contributed by atoms with E-state index in [0.717, 1.165) is 11.3 Å². The lowest BCUT2D eigenvalue weighted by atomic mass is 10.1. The lowest BCUT2D eigenvalue weighted by Crippen LogP contribution is -2.56. The molecule has 3 aromatic rings. The molecule has 0 radical (unpaired) electrons. The van der Waals surface area contributed by atoms with Crippen molar-refractivity contribution in [1.29, 1.82) is 0 Å². The van der Waals surface area contributed by atoms with Crippen LogP contribution in [0.3, 0.4) is 0 Å². The van der Waals surface area contributed by atoms with Gasteiger partial charge in [0.1, 0.15) is 11.6 Å². The zero-order valence-electron chi connectivity index (χ0n) is 19.6. The Hall–Kier alpha value is -3.55. The van der Waals surface area contributed by atoms with Gasteiger partial charge in [0.05, 0.1) is 5.69 Å². The minimum absolute atomic E-state index is 0.0413. The SMILES string of the molecule is O=CNC(O)(CCCc1ncccn1)CS(=O)(=O)N1CCN(c2ncc(-c3ccccn3)cn2)CC1. The first kappa shape index (κ1) is 25.5. The smallest absolute Gasteiger partial charge is 0.225 e. The van der Waals surface area contributed by atoms with Crippen LogP contribution in [0.4, 0.5) is 5.95 Å². The lowest BCUT2D eigenvalue weighted by Gasteiger charge is -2.36. The van der Waals surface area contributed by atoms with E-state index in [1.165, 1.54) is 4.31 Å². The predicted octanol–water partition coefficient (Wildman–Crippen LogP) is 0.238. The molecular formula is C23H28N8O4S. The lowest BCUT2D eigenvalue weighted by molar-refractivity contribution is -0.115. The summed E-state index contributed by atoms with van der Waals surface area (Å²) in [4.78, 5) is 34.4. The second kappa shape index (κ2) is 11.5. The van der Waals surface area contributed by atoms with Gasteiger partial charge < -0.3 is 15.3 Å². The summed E-state index contributed by atoms with van der Waals surface area (Å²) in [6.45, 7) is 1.21. The maximum atomic E-state index is 13.1. The maximum Gasteiger partial charge on any atom is 0.225 e. The molecule has 4 heterocycles. The van der Waals surface area contributed by atoms with Crippen molar-refractivity contribution in [1.82, 2.24) is 34.5 Å². The van der Waals surface area contributed by atoms with Crippen LogP contribution in [0.15, 0.2) is 55.2 Å². The number of nitrogens with one attached hydrogen (secondary N) is 1. The molecule has 1 atom stereocenters. The van der Waals surface area contributed by atoms with Crippen molar-refractivity contribution >= 4 is 22.4 Å². The van der Waals surface area contributed by atoms with Crippen molar-refractivity contribution in [3.8, 4) is 11.3 Å². The van der Waals surface area contributed by atoms with Gasteiger partial charge in [-0.3, -0.25) is 9.78 Å². The zero-order chi connectivity index (χ0) is 25.4. The highest BCUT2D eigenvalue weighted by molar-refractivity contribution is 7.89. The largest absolute Gasteiger partial charge is 0.370 e. The molecule has 1 saturated heterocycles. The molecule has 3 aromatic heterocycles. The Labute approximate surface area is 209 Å². The molecule has 190 valence electrons. The van der Waals surface area contributed by atoms with Gasteiger partial charge in [-0.25, -0.2) is 28.4 Å². The van der Waals surface area contributed by atoms with Gasteiger partial charge in [0.15, 0.2) is 5.72 Å². The van der Waals surface area contributed by atoms with Gasteiger partial charge in [-0.05, 0) is 31.0 Å². The quantitative estimate of drug-likeness (QED) is 0.270. The van der Waals surface area contributed by atoms with Crippen LogP contribution in [-0.2, 0) is 21.2 Å². The number of carbonyl (C=O) groups is 1. The van der Waals surface area contributed by atoms with Crippen molar-refractivity contribution in [2.24, 2.45) is 0 Å². The van der Waals surface area contributed by atoms with Gasteiger partial charge in [0.2, 0.25) is 22.4 Å². The fraction of sp³-hybridized carbons (Fsp3) is 0.391. The first-order valence-electron chi connectivity index (χ1n) is 11.5. The molecule has 1 aliphatic heterocycles. The predicted molar refractivity (Wildman–Crippen MR) is 132 cm³/mol. The third-order valence-electron chi connectivity index (χ3n) is 5.87. The molecule has 0 bridgehead atoms. The first-order chi connectivity index (χ1) is 17.4. The highest BCUT2D eigenvalue weighted by Gasteiger charge is 2.37. The number of sulfonamides is 1. The summed E-state index contributed by atoms with van der Waals surface area (Å²) in [6.07, 6.45) is 9.52. The number of hydrogen-bond acceptors (Lipinski definition) is 10. The molecule has 12 nitrogen and oxygen atoms in total. The zero-order valence-corrected chi connectivity index (χ0v) is 20.5. The van der Waals surface area contributed by atoms with E-state index in [1.54, 1.807) is 37.1 Å². The van der Waals surface area contributed by atoms with Crippen molar-refractivity contribution in [2.75, 3.05) is 36.8 Å². The van der Waals surface area contributed by atoms with Gasteiger partial charge in [0, 0.05) is 69.1 Å². The molecule has 1 amide bonds. The van der Waals surface area contributed by atoms with Crippen LogP contribution in [0.1, 0.15) is 18.7 Å². The van der Waals surface area contributed by atoms with E-state index in [1.807, 2.05) is 23.1 Å². The van der Waals surface area contributed by atoms with Crippen LogP contribution in [0.5, 0.6) is 0 Å². The molecule has 0 spiro atoms. The van der Waals surface area contributed by atoms with Crippen LogP contribution in [0, 0.1) is 0 Å². The Morgan fingerprint density at radius 2 is 1.67 bits per heavy atom. The summed E-state index contributed by atoms with van der Waals surface area (Å²) >= 11 is 0. The monoisotopic (exact) mass is 512 g/mol. The number of rotatable bonds is 11. The first-order valence-corrected chi connectivity index (χ1v) is 13.2. The summed E-state index contributed by atoms with van der Waals surface area (Å²) in [6, 6.07) is 7.29. The van der Waals surface area contributed by atoms with E-state index >= 15 is 0 Å². The number of carbonyl (C=O) groups excluding carboxylic acids is 1. The molecule has 4 rings (SSSR count). The number of hydrogen-bond donors (Lipinski definition) is 2. The second-order valence-electron chi connectivity index (χ2n) is 8.44. The van der Waals surface area contributed by atoms with E-state index in [-0.39, 0.29) is 19.5 Å². The van der Waals surface area contributed by atoms with Gasteiger partial charge in [0.25, 0.3) is 0 Å². The second-order valence-corrected chi connectivity index (χ2v) is 10.4. The van der Waals surface area contributed by atoms with Crippen LogP contribution in [0.25, 0.3) is 11.3 Å². The van der Waals surface area contributed by atoms with E-state index in [2.05, 4.69) is 30.2 Å². The summed E-state index contributed by atoms with van der Waals surface area (Å²) in [5.41, 5.74) is -0.328. The number of aliphatic hydroxyl groups is 1. The minimum Gasteiger partial charge on any atom is -0.370 e. The molecule has 1 fully saturated rings. The number of amides is 1. The van der Waals surface area contributed by atoms with Crippen molar-refractivity contribution in [2.45, 2.75) is 25.0 Å². The highest BCUT2D eigenvalue weighted by atomic mass is 32.2. The summed E-state index contributed by atoms with van der Waals surface area (Å²) < 4.78 is 27.5. The summed E-state index contributed by atoms with van der Waals surface area (Å²) in [5, 5.41) is 13.2. The fourth-order valence-electron chi connectivity index (χ4n) is 4.00. The van der Waals surface area contributed by atoms with Crippen LogP contribution < -0.4 is 10.2 Å². The number of pyridine rings is 1. The van der Waals surface area contributed by atoms with Crippen LogP contribution in [-0.4, -0.2) is 86.8 Å². The molecular weight excluding hydrogens is 484 g/mol. The van der Waals surface area contributed by atoms with Gasteiger partial charge in [-0.1, -0.05) is 6.07 Å². The molecule has 1 aliphatic rings. The molecule has 2 N–H and O–H groups in total. The minimum atomic E-state index is -3.85. The van der Waals surface area contributed by atoms with E-state index in [9.17, 15) is 18.3 Å². The van der Waals surface area contributed by atoms with E-state index < -0.39 is 21.5 Å². The van der Waals surface area contributed by atoms with Crippen LogP contribution >= 0.6 is 0 Å². The van der Waals surface area contributed by atoms with Gasteiger partial charge >= 0.3 is 0 Å². The number of anilines is 1. The Balaban J connectivity index is 1.33. The van der Waals surface area contributed by atoms with Crippen LogP contribution in [0.2, 0.25) is 0 Å². The molecule has 0 aliphatic carbocycles. The topological polar surface area (TPSA) is 154 Å². The molecule has 0 aromatic carbocycles. The van der Waals surface area contributed by atoms with Gasteiger partial charge in [-0.2, -0.15) is 4.31 Å². The van der Waals surface area contributed by atoms with E-state index in [0.29, 0.717) is 44.1 Å². The number of aryl methyl sites for hydroxylation is 1. The summed E-state index contributed by atoms with van der Waals surface area (Å²) in [7, 11) is -3.85. The Bertz CT molecular complexity index is 1220. The number of aromatic nitrogens is 5. The number of piperazine rings is 1. The Morgan fingerprint density at radius 1 is 0.972 bits per heavy atom. The Morgan fingerprint density at radius 3 is 2.31 bits per heavy atom. The van der Waals surface area contributed by atoms with Gasteiger partial charge in [-0.15, -0.1) is 0 Å².